The first kappa shape index (κ1) is 26.5. The van der Waals surface area contributed by atoms with E-state index in [-0.39, 0.29) is 11.2 Å². The largest absolute Gasteiger partial charge is 0.497 e. The first-order valence-corrected chi connectivity index (χ1v) is 13.1. The molecule has 0 spiro atoms. The highest BCUT2D eigenvalue weighted by Crippen LogP contribution is 2.46. The molecule has 7 heteroatoms. The van der Waals surface area contributed by atoms with Crippen molar-refractivity contribution in [2.45, 2.75) is 23.2 Å². The third kappa shape index (κ3) is 6.81. The number of esters is 1. The number of ether oxygens (including phenoxy) is 2. The highest BCUT2D eigenvalue weighted by molar-refractivity contribution is 7.99. The number of likely N-dealkylation sites (N-methyl/N-ethyl adjacent to an activating group) is 1. The van der Waals surface area contributed by atoms with Crippen LogP contribution in [0, 0.1) is 0 Å². The number of carbonyl (C=O) groups excluding carboxylic acids is 2. The Morgan fingerprint density at radius 3 is 2.43 bits per heavy atom. The van der Waals surface area contributed by atoms with Gasteiger partial charge in [-0.3, -0.25) is 9.59 Å². The molecule has 6 nitrogen and oxygen atoms in total. The van der Waals surface area contributed by atoms with E-state index in [0.29, 0.717) is 13.1 Å². The Balaban J connectivity index is 1.56. The van der Waals surface area contributed by atoms with Gasteiger partial charge in [0.1, 0.15) is 5.75 Å². The first-order chi connectivity index (χ1) is 18.0. The number of hydrogen-bond donors (Lipinski definition) is 0. The molecule has 0 aliphatic carbocycles. The van der Waals surface area contributed by atoms with Crippen LogP contribution in [0.3, 0.4) is 0 Å². The number of para-hydroxylation sites is 1. The zero-order valence-corrected chi connectivity index (χ0v) is 22.2. The average Bonchev–Trinajstić information content (AvgIpc) is 3.02. The summed E-state index contributed by atoms with van der Waals surface area (Å²) in [4.78, 5) is 30.9. The molecule has 37 heavy (non-hydrogen) atoms. The van der Waals surface area contributed by atoms with Gasteiger partial charge in [-0.15, -0.1) is 11.8 Å². The van der Waals surface area contributed by atoms with Crippen molar-refractivity contribution in [3.63, 3.8) is 0 Å². The Hall–Kier alpha value is -3.55. The van der Waals surface area contributed by atoms with Crippen LogP contribution in [0.1, 0.15) is 23.3 Å². The van der Waals surface area contributed by atoms with Crippen molar-refractivity contribution < 1.29 is 19.1 Å². The van der Waals surface area contributed by atoms with Gasteiger partial charge in [0, 0.05) is 31.5 Å². The number of carbonyl (C=O) groups is 2. The standard InChI is InChI=1S/C30H32N2O4S/c1-22(33)36-28-29(24-15-17-25(35-3)18-16-24)37-27-14-8-7-13-26(27)32(30(28)34)21-20-31(2)19-9-12-23-10-5-4-6-11-23/h4-18,28-29H,19-21H2,1-3H3/b12-9+/t28-,29+/m0/s1. The fourth-order valence-corrected chi connectivity index (χ4v) is 5.55. The zero-order chi connectivity index (χ0) is 26.2. The van der Waals surface area contributed by atoms with Crippen molar-refractivity contribution in [3.8, 4) is 5.75 Å². The molecule has 0 N–H and O–H groups in total. The van der Waals surface area contributed by atoms with E-state index in [4.69, 9.17) is 9.47 Å². The van der Waals surface area contributed by atoms with E-state index in [9.17, 15) is 9.59 Å². The molecule has 1 aliphatic heterocycles. The molecule has 0 unspecified atom stereocenters. The maximum atomic E-state index is 13.9. The maximum Gasteiger partial charge on any atom is 0.303 e. The minimum absolute atomic E-state index is 0.221. The van der Waals surface area contributed by atoms with Gasteiger partial charge in [0.2, 0.25) is 0 Å². The van der Waals surface area contributed by atoms with Crippen LogP contribution in [-0.2, 0) is 14.3 Å². The minimum Gasteiger partial charge on any atom is -0.497 e. The SMILES string of the molecule is COc1ccc([C@H]2Sc3ccccc3N(CCN(C)C/C=C/c3ccccc3)C(=O)[C@H]2OC(C)=O)cc1. The number of benzene rings is 3. The molecule has 0 aromatic heterocycles. The van der Waals surface area contributed by atoms with Gasteiger partial charge in [0.05, 0.1) is 18.0 Å². The number of methoxy groups -OCH3 is 1. The topological polar surface area (TPSA) is 59.1 Å². The smallest absolute Gasteiger partial charge is 0.303 e. The third-order valence-electron chi connectivity index (χ3n) is 6.16. The molecule has 0 saturated heterocycles. The van der Waals surface area contributed by atoms with Crippen LogP contribution >= 0.6 is 11.8 Å². The van der Waals surface area contributed by atoms with Crippen molar-refractivity contribution in [3.05, 3.63) is 96.1 Å². The van der Waals surface area contributed by atoms with Crippen molar-refractivity contribution in [2.75, 3.05) is 38.7 Å². The highest BCUT2D eigenvalue weighted by atomic mass is 32.2. The maximum absolute atomic E-state index is 13.9. The van der Waals surface area contributed by atoms with Crippen molar-refractivity contribution >= 4 is 35.4 Å². The summed E-state index contributed by atoms with van der Waals surface area (Å²) in [6, 6.07) is 25.6. The molecule has 1 amide bonds. The molecule has 192 valence electrons. The van der Waals surface area contributed by atoms with E-state index in [0.717, 1.165) is 34.0 Å². The van der Waals surface area contributed by atoms with Crippen molar-refractivity contribution in [1.29, 1.82) is 0 Å². The van der Waals surface area contributed by atoms with Crippen molar-refractivity contribution in [1.82, 2.24) is 4.90 Å². The highest BCUT2D eigenvalue weighted by Gasteiger charge is 2.40. The lowest BCUT2D eigenvalue weighted by molar-refractivity contribution is -0.152. The molecule has 1 aliphatic rings. The molecule has 0 saturated carbocycles. The van der Waals surface area contributed by atoms with Crippen LogP contribution < -0.4 is 9.64 Å². The zero-order valence-electron chi connectivity index (χ0n) is 21.4. The molecule has 0 bridgehead atoms. The first-order valence-electron chi connectivity index (χ1n) is 12.2. The second kappa shape index (κ2) is 12.6. The monoisotopic (exact) mass is 516 g/mol. The van der Waals surface area contributed by atoms with Gasteiger partial charge in [0.25, 0.3) is 5.91 Å². The summed E-state index contributed by atoms with van der Waals surface area (Å²) < 4.78 is 11.0. The normalized spacial score (nSPS) is 17.5. The summed E-state index contributed by atoms with van der Waals surface area (Å²) in [5.41, 5.74) is 2.88. The fraction of sp³-hybridized carbons (Fsp3) is 0.267. The second-order valence-corrected chi connectivity index (χ2v) is 10.1. The van der Waals surface area contributed by atoms with Gasteiger partial charge < -0.3 is 19.3 Å². The molecule has 3 aromatic rings. The minimum atomic E-state index is -0.952. The lowest BCUT2D eigenvalue weighted by Crippen LogP contribution is -2.45. The summed E-state index contributed by atoms with van der Waals surface area (Å²) in [6.07, 6.45) is 3.26. The molecule has 0 radical (unpaired) electrons. The van der Waals surface area contributed by atoms with Gasteiger partial charge in [-0.1, -0.05) is 66.7 Å². The summed E-state index contributed by atoms with van der Waals surface area (Å²) in [6.45, 7) is 3.22. The quantitative estimate of drug-likeness (QED) is 0.353. The van der Waals surface area contributed by atoms with Crippen LogP contribution in [0.2, 0.25) is 0 Å². The summed E-state index contributed by atoms with van der Waals surface area (Å²) in [5.74, 6) is 0.0253. The lowest BCUT2D eigenvalue weighted by Gasteiger charge is -2.29. The van der Waals surface area contributed by atoms with Gasteiger partial charge in [-0.2, -0.15) is 0 Å². The Bertz CT molecular complexity index is 1230. The van der Waals surface area contributed by atoms with Crippen molar-refractivity contribution in [2.24, 2.45) is 0 Å². The Labute approximate surface area is 222 Å². The molecule has 1 heterocycles. The van der Waals surface area contributed by atoms with Crippen LogP contribution in [0.5, 0.6) is 5.75 Å². The van der Waals surface area contributed by atoms with Crippen LogP contribution in [0.25, 0.3) is 6.08 Å². The van der Waals surface area contributed by atoms with Gasteiger partial charge in [-0.05, 0) is 42.4 Å². The predicted octanol–water partition coefficient (Wildman–Crippen LogP) is 5.45. The number of anilines is 1. The summed E-state index contributed by atoms with van der Waals surface area (Å²) >= 11 is 1.54. The van der Waals surface area contributed by atoms with E-state index in [1.807, 2.05) is 73.8 Å². The van der Waals surface area contributed by atoms with Crippen LogP contribution in [0.15, 0.2) is 89.8 Å². The van der Waals surface area contributed by atoms with Crippen LogP contribution in [0.4, 0.5) is 5.69 Å². The van der Waals surface area contributed by atoms with E-state index in [1.54, 1.807) is 23.8 Å². The number of thioether (sulfide) groups is 1. The molecular weight excluding hydrogens is 484 g/mol. The molecular formula is C30H32N2O4S. The molecule has 4 rings (SSSR count). The summed E-state index contributed by atoms with van der Waals surface area (Å²) in [5, 5.41) is -0.389. The van der Waals surface area contributed by atoms with E-state index in [1.165, 1.54) is 6.92 Å². The van der Waals surface area contributed by atoms with E-state index < -0.39 is 12.1 Å². The number of fused-ring (bicyclic) bond motifs is 1. The Morgan fingerprint density at radius 2 is 1.73 bits per heavy atom. The Morgan fingerprint density at radius 1 is 1.03 bits per heavy atom. The number of nitrogens with zero attached hydrogens (tertiary/aromatic N) is 2. The van der Waals surface area contributed by atoms with E-state index in [2.05, 4.69) is 29.2 Å². The number of rotatable bonds is 9. The second-order valence-electron chi connectivity index (χ2n) is 8.87. The lowest BCUT2D eigenvalue weighted by atomic mass is 10.1. The third-order valence-corrected chi connectivity index (χ3v) is 7.54. The summed E-state index contributed by atoms with van der Waals surface area (Å²) in [7, 11) is 3.64. The molecule has 2 atom stereocenters. The van der Waals surface area contributed by atoms with Gasteiger partial charge in [0.15, 0.2) is 6.10 Å². The predicted molar refractivity (Wildman–Crippen MR) is 149 cm³/mol. The molecule has 3 aromatic carbocycles. The average molecular weight is 517 g/mol. The van der Waals surface area contributed by atoms with E-state index >= 15 is 0 Å². The van der Waals surface area contributed by atoms with Gasteiger partial charge in [-0.25, -0.2) is 0 Å². The van der Waals surface area contributed by atoms with Crippen LogP contribution in [-0.4, -0.2) is 56.7 Å². The Kier molecular flexibility index (Phi) is 9.04. The fourth-order valence-electron chi connectivity index (χ4n) is 4.23. The van der Waals surface area contributed by atoms with Gasteiger partial charge >= 0.3 is 5.97 Å². The number of amides is 1. The number of hydrogen-bond acceptors (Lipinski definition) is 6. The molecule has 0 fully saturated rings.